The molecule has 0 amide bonds. The standard InChI is InChI=1S/C22H28O4/c1-25-19(23)17-15-16-18(20(24)26-2)22(16,14-11-7-4-8-12-14)21(15,17)13-9-5-3-6-10-13/h9,11,15-18H,3-8,10,12H2,1-2H3/t15-,16-,17+,18+,21-,22-/m0/s1. The van der Waals surface area contributed by atoms with Crippen molar-refractivity contribution < 1.29 is 19.1 Å². The van der Waals surface area contributed by atoms with Crippen molar-refractivity contribution in [2.75, 3.05) is 14.2 Å². The van der Waals surface area contributed by atoms with Gasteiger partial charge in [0.1, 0.15) is 0 Å². The Hall–Kier alpha value is -1.58. The van der Waals surface area contributed by atoms with Gasteiger partial charge in [0.25, 0.3) is 0 Å². The molecule has 0 radical (unpaired) electrons. The number of hydrogen-bond donors (Lipinski definition) is 0. The lowest BCUT2D eigenvalue weighted by atomic mass is 9.60. The molecule has 3 saturated carbocycles. The van der Waals surface area contributed by atoms with Crippen LogP contribution in [0.25, 0.3) is 0 Å². The van der Waals surface area contributed by atoms with Crippen molar-refractivity contribution in [3.8, 4) is 0 Å². The fourth-order valence-corrected chi connectivity index (χ4v) is 7.49. The molecule has 3 fully saturated rings. The van der Waals surface area contributed by atoms with Gasteiger partial charge in [-0.15, -0.1) is 0 Å². The molecule has 0 N–H and O–H groups in total. The van der Waals surface area contributed by atoms with E-state index >= 15 is 0 Å². The van der Waals surface area contributed by atoms with Crippen molar-refractivity contribution in [1.29, 1.82) is 0 Å². The molecule has 0 aromatic carbocycles. The highest BCUT2D eigenvalue weighted by atomic mass is 16.5. The lowest BCUT2D eigenvalue weighted by molar-refractivity contribution is -0.146. The lowest BCUT2D eigenvalue weighted by Gasteiger charge is -2.42. The fourth-order valence-electron chi connectivity index (χ4n) is 7.49. The SMILES string of the molecule is COC(=O)[C@H]1[C@@H]2[C@H]3[C@H](C(=O)OC)[C@@]3(C3=CCCCC3)[C@@]21C1=CCCCC1. The summed E-state index contributed by atoms with van der Waals surface area (Å²) in [6.07, 6.45) is 13.9. The van der Waals surface area contributed by atoms with E-state index in [1.165, 1.54) is 51.0 Å². The van der Waals surface area contributed by atoms with Crippen LogP contribution in [0, 0.1) is 34.5 Å². The zero-order valence-electron chi connectivity index (χ0n) is 15.8. The van der Waals surface area contributed by atoms with Gasteiger partial charge in [0.15, 0.2) is 0 Å². The van der Waals surface area contributed by atoms with E-state index in [2.05, 4.69) is 12.2 Å². The van der Waals surface area contributed by atoms with Crippen LogP contribution >= 0.6 is 0 Å². The van der Waals surface area contributed by atoms with E-state index in [9.17, 15) is 9.59 Å². The zero-order valence-corrected chi connectivity index (χ0v) is 15.8. The summed E-state index contributed by atoms with van der Waals surface area (Å²) in [5.74, 6) is 0.315. The van der Waals surface area contributed by atoms with E-state index in [1.54, 1.807) is 0 Å². The summed E-state index contributed by atoms with van der Waals surface area (Å²) in [7, 11) is 3.00. The molecule has 5 aliphatic carbocycles. The molecule has 4 nitrogen and oxygen atoms in total. The Labute approximate surface area is 155 Å². The smallest absolute Gasteiger partial charge is 0.309 e. The van der Waals surface area contributed by atoms with E-state index in [4.69, 9.17) is 9.47 Å². The molecule has 26 heavy (non-hydrogen) atoms. The first-order chi connectivity index (χ1) is 12.7. The Kier molecular flexibility index (Phi) is 3.48. The van der Waals surface area contributed by atoms with Gasteiger partial charge in [-0.3, -0.25) is 9.59 Å². The number of hydrogen-bond acceptors (Lipinski definition) is 4. The molecule has 0 saturated heterocycles. The number of carbonyl (C=O) groups is 2. The molecule has 0 spiro atoms. The van der Waals surface area contributed by atoms with Crippen molar-refractivity contribution in [1.82, 2.24) is 0 Å². The van der Waals surface area contributed by atoms with Gasteiger partial charge < -0.3 is 9.47 Å². The molecular weight excluding hydrogens is 328 g/mol. The van der Waals surface area contributed by atoms with Crippen LogP contribution in [0.15, 0.2) is 23.3 Å². The van der Waals surface area contributed by atoms with Crippen molar-refractivity contribution in [2.24, 2.45) is 34.5 Å². The molecule has 0 heterocycles. The van der Waals surface area contributed by atoms with Gasteiger partial charge in [-0.1, -0.05) is 23.3 Å². The predicted molar refractivity (Wildman–Crippen MR) is 96.0 cm³/mol. The van der Waals surface area contributed by atoms with Gasteiger partial charge in [0.05, 0.1) is 26.1 Å². The molecule has 5 aliphatic rings. The second-order valence-electron chi connectivity index (χ2n) is 8.74. The molecule has 0 aliphatic heterocycles. The molecule has 0 aromatic heterocycles. The van der Waals surface area contributed by atoms with Crippen molar-refractivity contribution in [3.05, 3.63) is 23.3 Å². The van der Waals surface area contributed by atoms with Gasteiger partial charge in [0, 0.05) is 10.8 Å². The molecule has 4 heteroatoms. The first-order valence-corrected chi connectivity index (χ1v) is 10.2. The fraction of sp³-hybridized carbons (Fsp3) is 0.727. The number of ether oxygens (including phenoxy) is 2. The zero-order chi connectivity index (χ0) is 18.1. The average molecular weight is 356 g/mol. The first-order valence-electron chi connectivity index (χ1n) is 10.2. The van der Waals surface area contributed by atoms with Crippen LogP contribution in [0.5, 0.6) is 0 Å². The van der Waals surface area contributed by atoms with Crippen LogP contribution in [-0.2, 0) is 19.1 Å². The van der Waals surface area contributed by atoms with Gasteiger partial charge >= 0.3 is 11.9 Å². The Bertz CT molecular complexity index is 672. The topological polar surface area (TPSA) is 52.6 Å². The number of esters is 2. The van der Waals surface area contributed by atoms with Crippen molar-refractivity contribution in [3.63, 3.8) is 0 Å². The molecule has 6 atom stereocenters. The lowest BCUT2D eigenvalue weighted by Crippen LogP contribution is -2.38. The quantitative estimate of drug-likeness (QED) is 0.568. The summed E-state index contributed by atoms with van der Waals surface area (Å²) < 4.78 is 10.4. The number of carbonyl (C=O) groups excluding carboxylic acids is 2. The van der Waals surface area contributed by atoms with Crippen molar-refractivity contribution >= 4 is 11.9 Å². The Morgan fingerprint density at radius 1 is 0.808 bits per heavy atom. The molecule has 140 valence electrons. The summed E-state index contributed by atoms with van der Waals surface area (Å²) in [6.45, 7) is 0. The van der Waals surface area contributed by atoms with Gasteiger partial charge in [-0.25, -0.2) is 0 Å². The van der Waals surface area contributed by atoms with E-state index in [-0.39, 0.29) is 46.4 Å². The monoisotopic (exact) mass is 356 g/mol. The second kappa shape index (κ2) is 5.46. The molecule has 0 unspecified atom stereocenters. The first kappa shape index (κ1) is 16.6. The third-order valence-corrected chi connectivity index (χ3v) is 8.16. The second-order valence-corrected chi connectivity index (χ2v) is 8.74. The van der Waals surface area contributed by atoms with Crippen LogP contribution in [0.1, 0.15) is 51.4 Å². The number of rotatable bonds is 4. The van der Waals surface area contributed by atoms with Gasteiger partial charge in [-0.2, -0.15) is 0 Å². The van der Waals surface area contributed by atoms with Crippen LogP contribution < -0.4 is 0 Å². The summed E-state index contributed by atoms with van der Waals surface area (Å²) >= 11 is 0. The molecular formula is C22H28O4. The van der Waals surface area contributed by atoms with Gasteiger partial charge in [0.2, 0.25) is 0 Å². The minimum atomic E-state index is -0.146. The third-order valence-electron chi connectivity index (χ3n) is 8.16. The van der Waals surface area contributed by atoms with E-state index in [1.807, 2.05) is 0 Å². The minimum Gasteiger partial charge on any atom is -0.469 e. The van der Waals surface area contributed by atoms with E-state index < -0.39 is 0 Å². The number of methoxy groups -OCH3 is 2. The molecule has 5 rings (SSSR count). The highest BCUT2D eigenvalue weighted by molar-refractivity contribution is 5.90. The predicted octanol–water partition coefficient (Wildman–Crippen LogP) is 3.81. The maximum atomic E-state index is 12.6. The van der Waals surface area contributed by atoms with E-state index in [0.29, 0.717) is 0 Å². The number of fused-ring (bicyclic) bond motifs is 4. The molecule has 0 bridgehead atoms. The van der Waals surface area contributed by atoms with Crippen LogP contribution in [0.3, 0.4) is 0 Å². The van der Waals surface area contributed by atoms with Crippen LogP contribution in [-0.4, -0.2) is 26.2 Å². The Morgan fingerprint density at radius 2 is 1.23 bits per heavy atom. The van der Waals surface area contributed by atoms with Crippen molar-refractivity contribution in [2.45, 2.75) is 51.4 Å². The third kappa shape index (κ3) is 1.63. The summed E-state index contributed by atoms with van der Waals surface area (Å²) in [6, 6.07) is 0. The van der Waals surface area contributed by atoms with E-state index in [0.717, 1.165) is 25.7 Å². The average Bonchev–Trinajstić information content (AvgIpc) is 3.52. The van der Waals surface area contributed by atoms with Gasteiger partial charge in [-0.05, 0) is 63.2 Å². The summed E-state index contributed by atoms with van der Waals surface area (Å²) in [5.41, 5.74) is 2.59. The Balaban J connectivity index is 1.62. The maximum absolute atomic E-state index is 12.6. The normalized spacial score (nSPS) is 45.2. The van der Waals surface area contributed by atoms with Crippen LogP contribution in [0.4, 0.5) is 0 Å². The Morgan fingerprint density at radius 3 is 1.54 bits per heavy atom. The molecule has 0 aromatic rings. The summed E-state index contributed by atoms with van der Waals surface area (Å²) in [4.78, 5) is 25.3. The summed E-state index contributed by atoms with van der Waals surface area (Å²) in [5, 5.41) is 0. The highest BCUT2D eigenvalue weighted by Crippen LogP contribution is 3.01. The highest BCUT2D eigenvalue weighted by Gasteiger charge is 3.03. The maximum Gasteiger partial charge on any atom is 0.309 e. The largest absolute Gasteiger partial charge is 0.469 e. The number of allylic oxidation sites excluding steroid dienone is 4. The minimum absolute atomic E-state index is 0.0504. The van der Waals surface area contributed by atoms with Crippen LogP contribution in [0.2, 0.25) is 0 Å².